The zero-order valence-electron chi connectivity index (χ0n) is 12.4. The zero-order valence-corrected chi connectivity index (χ0v) is 13.2. The van der Waals surface area contributed by atoms with E-state index in [1.54, 1.807) is 36.5 Å². The third-order valence-corrected chi connectivity index (χ3v) is 6.09. The van der Waals surface area contributed by atoms with Crippen molar-refractivity contribution in [3.8, 4) is 5.75 Å². The zero-order chi connectivity index (χ0) is 14.9. The lowest BCUT2D eigenvalue weighted by atomic mass is 10.1. The summed E-state index contributed by atoms with van der Waals surface area (Å²) < 4.78 is 32.4. The van der Waals surface area contributed by atoms with Crippen molar-refractivity contribution in [1.29, 1.82) is 0 Å². The van der Waals surface area contributed by atoms with E-state index < -0.39 is 10.0 Å². The van der Waals surface area contributed by atoms with Gasteiger partial charge in [-0.25, -0.2) is 8.42 Å². The van der Waals surface area contributed by atoms with Crippen LogP contribution in [0.2, 0.25) is 0 Å². The first-order valence-corrected chi connectivity index (χ1v) is 8.22. The summed E-state index contributed by atoms with van der Waals surface area (Å²) in [6.45, 7) is 6.92. The van der Waals surface area contributed by atoms with Crippen LogP contribution in [0.5, 0.6) is 5.75 Å². The highest BCUT2D eigenvalue weighted by atomic mass is 32.2. The van der Waals surface area contributed by atoms with E-state index in [9.17, 15) is 8.42 Å². The number of sulfonamides is 1. The second-order valence-corrected chi connectivity index (χ2v) is 7.09. The number of ether oxygens (including phenoxy) is 1. The third-order valence-electron chi connectivity index (χ3n) is 3.95. The first kappa shape index (κ1) is 15.3. The predicted octanol–water partition coefficient (Wildman–Crippen LogP) is 1.37. The largest absolute Gasteiger partial charge is 0.497 e. The summed E-state index contributed by atoms with van der Waals surface area (Å²) in [4.78, 5) is 0.360. The molecule has 0 aliphatic carbocycles. The van der Waals surface area contributed by atoms with Crippen LogP contribution in [0.15, 0.2) is 23.1 Å². The SMILES string of the molecule is COc1ccc(S(=O)(=O)N2CCNC(C)C2C)c(C)c1. The minimum absolute atomic E-state index is 0.0600. The van der Waals surface area contributed by atoms with Crippen LogP contribution < -0.4 is 10.1 Å². The van der Waals surface area contributed by atoms with E-state index in [4.69, 9.17) is 4.74 Å². The highest BCUT2D eigenvalue weighted by Gasteiger charge is 2.35. The van der Waals surface area contributed by atoms with E-state index in [1.165, 1.54) is 0 Å². The Balaban J connectivity index is 2.39. The fraction of sp³-hybridized carbons (Fsp3) is 0.571. The van der Waals surface area contributed by atoms with E-state index in [1.807, 2.05) is 13.8 Å². The summed E-state index contributed by atoms with van der Waals surface area (Å²) >= 11 is 0. The Hall–Kier alpha value is -1.11. The molecule has 1 aliphatic heterocycles. The lowest BCUT2D eigenvalue weighted by Crippen LogP contribution is -2.57. The molecule has 1 aromatic carbocycles. The van der Waals surface area contributed by atoms with Crippen molar-refractivity contribution < 1.29 is 13.2 Å². The standard InChI is InChI=1S/C14H22N2O3S/c1-10-9-13(19-4)5-6-14(10)20(17,18)16-8-7-15-11(2)12(16)3/h5-6,9,11-12,15H,7-8H2,1-4H3. The number of rotatable bonds is 3. The topological polar surface area (TPSA) is 58.6 Å². The first-order chi connectivity index (χ1) is 9.37. The number of piperazine rings is 1. The molecule has 1 aliphatic rings. The molecule has 2 rings (SSSR count). The Bertz CT molecular complexity index is 586. The maximum Gasteiger partial charge on any atom is 0.243 e. The Morgan fingerprint density at radius 2 is 2.05 bits per heavy atom. The summed E-state index contributed by atoms with van der Waals surface area (Å²) in [5.41, 5.74) is 0.711. The van der Waals surface area contributed by atoms with Crippen molar-refractivity contribution >= 4 is 10.0 Å². The van der Waals surface area contributed by atoms with Gasteiger partial charge in [0.05, 0.1) is 12.0 Å². The van der Waals surface area contributed by atoms with Crippen LogP contribution >= 0.6 is 0 Å². The number of aryl methyl sites for hydroxylation is 1. The highest BCUT2D eigenvalue weighted by molar-refractivity contribution is 7.89. The third kappa shape index (κ3) is 2.68. The number of hydrogen-bond donors (Lipinski definition) is 1. The van der Waals surface area contributed by atoms with Gasteiger partial charge >= 0.3 is 0 Å². The molecule has 2 atom stereocenters. The van der Waals surface area contributed by atoms with Gasteiger partial charge < -0.3 is 10.1 Å². The van der Waals surface area contributed by atoms with Crippen LogP contribution in [-0.2, 0) is 10.0 Å². The van der Waals surface area contributed by atoms with Crippen LogP contribution in [0.1, 0.15) is 19.4 Å². The van der Waals surface area contributed by atoms with Gasteiger partial charge in [0, 0.05) is 25.2 Å². The molecule has 0 bridgehead atoms. The summed E-state index contributed by atoms with van der Waals surface area (Å²) in [6.07, 6.45) is 0. The molecule has 0 saturated carbocycles. The summed E-state index contributed by atoms with van der Waals surface area (Å²) in [5.74, 6) is 0.670. The molecule has 1 N–H and O–H groups in total. The Morgan fingerprint density at radius 3 is 2.65 bits per heavy atom. The monoisotopic (exact) mass is 298 g/mol. The average molecular weight is 298 g/mol. The first-order valence-electron chi connectivity index (χ1n) is 6.78. The van der Waals surface area contributed by atoms with Crippen molar-refractivity contribution in [1.82, 2.24) is 9.62 Å². The second-order valence-electron chi connectivity index (χ2n) is 5.23. The van der Waals surface area contributed by atoms with Crippen LogP contribution in [0.4, 0.5) is 0 Å². The molecule has 0 spiro atoms. The molecule has 0 radical (unpaired) electrons. The van der Waals surface area contributed by atoms with Gasteiger partial charge in [-0.05, 0) is 44.5 Å². The van der Waals surface area contributed by atoms with Crippen molar-refractivity contribution in [3.05, 3.63) is 23.8 Å². The maximum atomic E-state index is 12.8. The molecule has 20 heavy (non-hydrogen) atoms. The Labute approximate surface area is 121 Å². The van der Waals surface area contributed by atoms with Crippen molar-refractivity contribution in [2.75, 3.05) is 20.2 Å². The minimum Gasteiger partial charge on any atom is -0.497 e. The lowest BCUT2D eigenvalue weighted by molar-refractivity contribution is 0.232. The average Bonchev–Trinajstić information content (AvgIpc) is 2.41. The highest BCUT2D eigenvalue weighted by Crippen LogP contribution is 2.26. The lowest BCUT2D eigenvalue weighted by Gasteiger charge is -2.37. The van der Waals surface area contributed by atoms with Gasteiger partial charge in [-0.2, -0.15) is 4.31 Å². The molecule has 0 amide bonds. The van der Waals surface area contributed by atoms with E-state index >= 15 is 0 Å². The molecule has 1 fully saturated rings. The fourth-order valence-electron chi connectivity index (χ4n) is 2.53. The van der Waals surface area contributed by atoms with Gasteiger partial charge in [0.15, 0.2) is 0 Å². The Morgan fingerprint density at radius 1 is 1.35 bits per heavy atom. The second kappa shape index (κ2) is 5.71. The van der Waals surface area contributed by atoms with Gasteiger partial charge in [0.1, 0.15) is 5.75 Å². The summed E-state index contributed by atoms with van der Waals surface area (Å²) in [6, 6.07) is 5.16. The van der Waals surface area contributed by atoms with Crippen molar-refractivity contribution in [2.24, 2.45) is 0 Å². The summed E-state index contributed by atoms with van der Waals surface area (Å²) in [7, 11) is -1.89. The van der Waals surface area contributed by atoms with Crippen LogP contribution in [-0.4, -0.2) is 45.0 Å². The molecule has 2 unspecified atom stereocenters. The van der Waals surface area contributed by atoms with Crippen LogP contribution in [0.25, 0.3) is 0 Å². The molecule has 0 aromatic heterocycles. The number of nitrogens with zero attached hydrogens (tertiary/aromatic N) is 1. The minimum atomic E-state index is -3.46. The number of nitrogens with one attached hydrogen (secondary N) is 1. The molecular weight excluding hydrogens is 276 g/mol. The van der Waals surface area contributed by atoms with Crippen LogP contribution in [0.3, 0.4) is 0 Å². The smallest absolute Gasteiger partial charge is 0.243 e. The normalized spacial score (nSPS) is 24.6. The molecular formula is C14H22N2O3S. The quantitative estimate of drug-likeness (QED) is 0.916. The van der Waals surface area contributed by atoms with Crippen molar-refractivity contribution in [2.45, 2.75) is 37.8 Å². The number of hydrogen-bond acceptors (Lipinski definition) is 4. The van der Waals surface area contributed by atoms with E-state index in [-0.39, 0.29) is 12.1 Å². The van der Waals surface area contributed by atoms with Crippen molar-refractivity contribution in [3.63, 3.8) is 0 Å². The van der Waals surface area contributed by atoms with Gasteiger partial charge in [-0.3, -0.25) is 0 Å². The van der Waals surface area contributed by atoms with Gasteiger partial charge in [0.2, 0.25) is 10.0 Å². The van der Waals surface area contributed by atoms with E-state index in [0.717, 1.165) is 0 Å². The maximum absolute atomic E-state index is 12.8. The van der Waals surface area contributed by atoms with E-state index in [0.29, 0.717) is 29.3 Å². The molecule has 1 heterocycles. The van der Waals surface area contributed by atoms with Gasteiger partial charge in [0.25, 0.3) is 0 Å². The molecule has 112 valence electrons. The molecule has 1 aromatic rings. The van der Waals surface area contributed by atoms with Crippen LogP contribution in [0, 0.1) is 6.92 Å². The fourth-order valence-corrected chi connectivity index (χ4v) is 4.44. The van der Waals surface area contributed by atoms with Gasteiger partial charge in [-0.15, -0.1) is 0 Å². The molecule has 6 heteroatoms. The summed E-state index contributed by atoms with van der Waals surface area (Å²) in [5, 5.41) is 3.29. The number of methoxy groups -OCH3 is 1. The molecule has 1 saturated heterocycles. The Kier molecular flexibility index (Phi) is 4.36. The predicted molar refractivity (Wildman–Crippen MR) is 78.5 cm³/mol. The molecule has 5 nitrogen and oxygen atoms in total. The van der Waals surface area contributed by atoms with E-state index in [2.05, 4.69) is 5.32 Å². The van der Waals surface area contributed by atoms with Gasteiger partial charge in [-0.1, -0.05) is 0 Å². The number of benzene rings is 1.